The summed E-state index contributed by atoms with van der Waals surface area (Å²) in [4.78, 5) is 28.5. The zero-order valence-corrected chi connectivity index (χ0v) is 28.3. The molecule has 11 nitrogen and oxygen atoms in total. The molecule has 0 spiro atoms. The molecule has 0 unspecified atom stereocenters. The SMILES string of the molecule is O=C(NCC1(CN2CCCC2)CC1)c1ccc2cc1OCCCCCCCCOc1ccc(cc1)CNc1nc(nc(OCC(F)(F)F)n1)N2. The van der Waals surface area contributed by atoms with Crippen molar-refractivity contribution >= 4 is 23.5 Å². The van der Waals surface area contributed by atoms with Crippen LogP contribution in [-0.2, 0) is 6.54 Å². The van der Waals surface area contributed by atoms with E-state index < -0.39 is 18.8 Å². The Balaban J connectivity index is 1.21. The van der Waals surface area contributed by atoms with Gasteiger partial charge in [-0.2, -0.15) is 28.1 Å². The number of hydrogen-bond donors (Lipinski definition) is 3. The first-order valence-corrected chi connectivity index (χ1v) is 17.7. The standard InChI is InChI=1S/C36H46F3N7O4/c37-36(38,39)25-50-34-44-32-40-22-26-9-12-28(13-10-26)48-19-7-3-1-2-4-8-20-49-30-21-27(42-33(43-32)45-34)11-14-29(30)31(47)41-23-35(15-16-35)24-46-17-5-6-18-46/h9-14,21H,1-8,15-20,22-25H2,(H,41,47)(H2,40,42,43,44,45). The fourth-order valence-electron chi connectivity index (χ4n) is 6.25. The number of hydrogen-bond acceptors (Lipinski definition) is 10. The molecule has 4 heterocycles. The van der Waals surface area contributed by atoms with Gasteiger partial charge in [-0.05, 0) is 81.4 Å². The minimum Gasteiger partial charge on any atom is -0.494 e. The summed E-state index contributed by atoms with van der Waals surface area (Å²) in [7, 11) is 0. The summed E-state index contributed by atoms with van der Waals surface area (Å²) in [6.45, 7) is 3.66. The summed E-state index contributed by atoms with van der Waals surface area (Å²) in [6.07, 6.45) is 6.10. The predicted molar refractivity (Wildman–Crippen MR) is 183 cm³/mol. The molecule has 0 radical (unpaired) electrons. The Labute approximate surface area is 290 Å². The van der Waals surface area contributed by atoms with E-state index in [0.717, 1.165) is 82.3 Å². The highest BCUT2D eigenvalue weighted by Crippen LogP contribution is 2.46. The molecule has 1 amide bonds. The minimum absolute atomic E-state index is 0.0220. The number of halogens is 3. The largest absolute Gasteiger partial charge is 0.494 e. The van der Waals surface area contributed by atoms with Crippen LogP contribution in [0.4, 0.5) is 30.8 Å². The van der Waals surface area contributed by atoms with E-state index >= 15 is 0 Å². The summed E-state index contributed by atoms with van der Waals surface area (Å²) >= 11 is 0. The van der Waals surface area contributed by atoms with Gasteiger partial charge in [0.05, 0.1) is 18.8 Å². The average Bonchev–Trinajstić information content (AvgIpc) is 3.67. The molecule has 0 atom stereocenters. The lowest BCUT2D eigenvalue weighted by Gasteiger charge is -2.23. The Morgan fingerprint density at radius 3 is 2.30 bits per heavy atom. The van der Waals surface area contributed by atoms with Gasteiger partial charge in [-0.1, -0.05) is 37.8 Å². The van der Waals surface area contributed by atoms with Crippen molar-refractivity contribution in [3.05, 3.63) is 53.6 Å². The maximum atomic E-state index is 13.5. The molecule has 2 aromatic carbocycles. The van der Waals surface area contributed by atoms with Gasteiger partial charge in [-0.25, -0.2) is 0 Å². The molecule has 270 valence electrons. The molecular formula is C36H46F3N7O4. The second-order valence-electron chi connectivity index (χ2n) is 13.5. The molecule has 3 aromatic rings. The van der Waals surface area contributed by atoms with Gasteiger partial charge in [0.2, 0.25) is 11.9 Å². The van der Waals surface area contributed by atoms with Gasteiger partial charge in [0.1, 0.15) is 11.5 Å². The normalized spacial score (nSPS) is 18.5. The summed E-state index contributed by atoms with van der Waals surface area (Å²) in [5, 5.41) is 9.24. The molecular weight excluding hydrogens is 651 g/mol. The number of anilines is 3. The highest BCUT2D eigenvalue weighted by atomic mass is 19.4. The molecule has 1 saturated heterocycles. The van der Waals surface area contributed by atoms with Crippen molar-refractivity contribution < 1.29 is 32.2 Å². The second kappa shape index (κ2) is 16.6. The van der Waals surface area contributed by atoms with E-state index in [9.17, 15) is 18.0 Å². The Bertz CT molecular complexity index is 1560. The Morgan fingerprint density at radius 2 is 1.58 bits per heavy atom. The Hall–Kier alpha value is -4.33. The van der Waals surface area contributed by atoms with Gasteiger partial charge < -0.3 is 35.1 Å². The second-order valence-corrected chi connectivity index (χ2v) is 13.5. The van der Waals surface area contributed by atoms with Crippen LogP contribution < -0.4 is 30.2 Å². The quantitative estimate of drug-likeness (QED) is 0.241. The zero-order valence-electron chi connectivity index (χ0n) is 28.3. The molecule has 3 N–H and O–H groups in total. The van der Waals surface area contributed by atoms with Gasteiger partial charge in [0, 0.05) is 36.8 Å². The van der Waals surface area contributed by atoms with E-state index in [0.29, 0.717) is 43.3 Å². The lowest BCUT2D eigenvalue weighted by Crippen LogP contribution is -2.37. The first kappa shape index (κ1) is 35.5. The molecule has 50 heavy (non-hydrogen) atoms. The molecule has 14 heteroatoms. The van der Waals surface area contributed by atoms with Gasteiger partial charge in [-0.3, -0.25) is 4.79 Å². The number of aromatic nitrogens is 3. The Morgan fingerprint density at radius 1 is 0.880 bits per heavy atom. The van der Waals surface area contributed by atoms with Crippen molar-refractivity contribution in [1.29, 1.82) is 0 Å². The minimum atomic E-state index is -4.58. The van der Waals surface area contributed by atoms with E-state index in [4.69, 9.17) is 14.2 Å². The molecule has 6 bridgehead atoms. The van der Waals surface area contributed by atoms with Crippen molar-refractivity contribution in [3.63, 3.8) is 0 Å². The van der Waals surface area contributed by atoms with Crippen molar-refractivity contribution in [2.45, 2.75) is 76.9 Å². The topological polar surface area (TPSA) is 123 Å². The summed E-state index contributed by atoms with van der Waals surface area (Å²) in [5.41, 5.74) is 1.92. The Kier molecular flexibility index (Phi) is 11.8. The summed E-state index contributed by atoms with van der Waals surface area (Å²) < 4.78 is 56.0. The smallest absolute Gasteiger partial charge is 0.422 e. The number of benzene rings is 2. The first-order chi connectivity index (χ1) is 24.2. The van der Waals surface area contributed by atoms with E-state index in [-0.39, 0.29) is 23.2 Å². The first-order valence-electron chi connectivity index (χ1n) is 17.7. The number of rotatable bonds is 7. The van der Waals surface area contributed by atoms with Crippen LogP contribution in [0.5, 0.6) is 17.5 Å². The molecule has 3 aliphatic heterocycles. The molecule has 1 aromatic heterocycles. The number of alkyl halides is 3. The number of carbonyl (C=O) groups is 1. The molecule has 2 fully saturated rings. The van der Waals surface area contributed by atoms with E-state index in [1.165, 1.54) is 12.8 Å². The highest BCUT2D eigenvalue weighted by Gasteiger charge is 2.44. The number of nitrogens with zero attached hydrogens (tertiary/aromatic N) is 4. The fourth-order valence-corrected chi connectivity index (χ4v) is 6.25. The number of likely N-dealkylation sites (tertiary alicyclic amines) is 1. The van der Waals surface area contributed by atoms with Gasteiger partial charge >= 0.3 is 12.2 Å². The maximum Gasteiger partial charge on any atom is 0.422 e. The third-order valence-electron chi connectivity index (χ3n) is 9.24. The lowest BCUT2D eigenvalue weighted by atomic mass is 10.1. The van der Waals surface area contributed by atoms with Crippen molar-refractivity contribution in [2.75, 3.05) is 56.6 Å². The number of amides is 1. The van der Waals surface area contributed by atoms with Crippen LogP contribution in [0.25, 0.3) is 0 Å². The zero-order chi connectivity index (χ0) is 34.8. The van der Waals surface area contributed by atoms with Gasteiger partial charge in [-0.15, -0.1) is 0 Å². The van der Waals surface area contributed by atoms with Crippen LogP contribution in [0.2, 0.25) is 0 Å². The van der Waals surface area contributed by atoms with Gasteiger partial charge in [0.25, 0.3) is 5.91 Å². The number of fused-ring (bicyclic) bond motifs is 12. The molecule has 4 aliphatic rings. The van der Waals surface area contributed by atoms with E-state index in [1.807, 2.05) is 24.3 Å². The average molecular weight is 698 g/mol. The van der Waals surface area contributed by atoms with Crippen LogP contribution in [-0.4, -0.2) is 77.9 Å². The van der Waals surface area contributed by atoms with Crippen LogP contribution >= 0.6 is 0 Å². The third-order valence-corrected chi connectivity index (χ3v) is 9.24. The molecule has 7 rings (SSSR count). The maximum absolute atomic E-state index is 13.5. The lowest BCUT2D eigenvalue weighted by molar-refractivity contribution is -0.154. The van der Waals surface area contributed by atoms with E-state index in [1.54, 1.807) is 18.2 Å². The van der Waals surface area contributed by atoms with Crippen molar-refractivity contribution in [3.8, 4) is 17.5 Å². The molecule has 1 saturated carbocycles. The summed E-state index contributed by atoms with van der Waals surface area (Å²) in [6, 6.07) is 12.1. The number of nitrogens with one attached hydrogen (secondary N) is 3. The third kappa shape index (κ3) is 10.8. The van der Waals surface area contributed by atoms with Crippen LogP contribution in [0.1, 0.15) is 80.1 Å². The van der Waals surface area contributed by atoms with E-state index in [2.05, 4.69) is 35.8 Å². The van der Waals surface area contributed by atoms with Crippen molar-refractivity contribution in [1.82, 2.24) is 25.2 Å². The van der Waals surface area contributed by atoms with Crippen LogP contribution in [0.3, 0.4) is 0 Å². The molecule has 1 aliphatic carbocycles. The van der Waals surface area contributed by atoms with Crippen LogP contribution in [0, 0.1) is 5.41 Å². The number of carbonyl (C=O) groups excluding carboxylic acids is 1. The summed E-state index contributed by atoms with van der Waals surface area (Å²) in [5.74, 6) is 0.942. The fraction of sp³-hybridized carbons (Fsp3) is 0.556. The highest BCUT2D eigenvalue weighted by molar-refractivity contribution is 5.97. The van der Waals surface area contributed by atoms with Crippen molar-refractivity contribution in [2.24, 2.45) is 5.41 Å². The van der Waals surface area contributed by atoms with Gasteiger partial charge in [0.15, 0.2) is 6.61 Å². The van der Waals surface area contributed by atoms with Crippen LogP contribution in [0.15, 0.2) is 42.5 Å². The predicted octanol–water partition coefficient (Wildman–Crippen LogP) is 6.89. The number of ether oxygens (including phenoxy) is 3. The monoisotopic (exact) mass is 697 g/mol.